The number of rotatable bonds is 8. The fourth-order valence-corrected chi connectivity index (χ4v) is 1.78. The molecule has 0 saturated heterocycles. The third kappa shape index (κ3) is 6.09. The summed E-state index contributed by atoms with van der Waals surface area (Å²) in [5, 5.41) is 0. The SMILES string of the molecule is CCCCC(CC)CC(CC)OC. The molecular weight excluding hydrogens is 160 g/mol. The minimum atomic E-state index is 0.488. The zero-order valence-electron chi connectivity index (χ0n) is 9.81. The predicted octanol–water partition coefficient (Wildman–Crippen LogP) is 4.02. The van der Waals surface area contributed by atoms with Gasteiger partial charge in [0, 0.05) is 7.11 Å². The van der Waals surface area contributed by atoms with Gasteiger partial charge in [0.15, 0.2) is 0 Å². The van der Waals surface area contributed by atoms with E-state index in [2.05, 4.69) is 20.8 Å². The summed E-state index contributed by atoms with van der Waals surface area (Å²) in [6.07, 6.45) is 8.27. The summed E-state index contributed by atoms with van der Waals surface area (Å²) >= 11 is 0. The Hall–Kier alpha value is -0.0400. The van der Waals surface area contributed by atoms with E-state index in [1.54, 1.807) is 0 Å². The summed E-state index contributed by atoms with van der Waals surface area (Å²) in [7, 11) is 1.83. The number of methoxy groups -OCH3 is 1. The molecule has 0 aromatic rings. The molecule has 0 saturated carbocycles. The van der Waals surface area contributed by atoms with Crippen LogP contribution in [0.4, 0.5) is 0 Å². The molecule has 2 unspecified atom stereocenters. The molecule has 0 bridgehead atoms. The van der Waals surface area contributed by atoms with Gasteiger partial charge in [0.05, 0.1) is 6.10 Å². The maximum atomic E-state index is 5.41. The van der Waals surface area contributed by atoms with Crippen LogP contribution in [0.25, 0.3) is 0 Å². The fourth-order valence-electron chi connectivity index (χ4n) is 1.78. The monoisotopic (exact) mass is 186 g/mol. The molecule has 0 aromatic heterocycles. The van der Waals surface area contributed by atoms with Crippen molar-refractivity contribution in [3.8, 4) is 0 Å². The average molecular weight is 186 g/mol. The molecule has 0 aliphatic heterocycles. The molecule has 0 fully saturated rings. The molecule has 2 atom stereocenters. The summed E-state index contributed by atoms with van der Waals surface area (Å²) in [5.74, 6) is 0.879. The van der Waals surface area contributed by atoms with Gasteiger partial charge in [-0.2, -0.15) is 0 Å². The first-order valence-corrected chi connectivity index (χ1v) is 5.81. The summed E-state index contributed by atoms with van der Waals surface area (Å²) < 4.78 is 5.41. The van der Waals surface area contributed by atoms with Crippen molar-refractivity contribution < 1.29 is 4.74 Å². The highest BCUT2D eigenvalue weighted by molar-refractivity contribution is 4.64. The number of hydrogen-bond donors (Lipinski definition) is 0. The fraction of sp³-hybridized carbons (Fsp3) is 1.00. The van der Waals surface area contributed by atoms with Crippen LogP contribution in [0.1, 0.15) is 59.3 Å². The Morgan fingerprint density at radius 3 is 2.15 bits per heavy atom. The molecule has 0 heterocycles. The molecule has 0 N–H and O–H groups in total. The van der Waals surface area contributed by atoms with Crippen LogP contribution in [-0.2, 0) is 4.74 Å². The lowest BCUT2D eigenvalue weighted by atomic mass is 9.92. The molecule has 13 heavy (non-hydrogen) atoms. The second kappa shape index (κ2) is 8.55. The van der Waals surface area contributed by atoms with Gasteiger partial charge in [-0.15, -0.1) is 0 Å². The molecule has 0 radical (unpaired) electrons. The van der Waals surface area contributed by atoms with Crippen molar-refractivity contribution in [2.45, 2.75) is 65.4 Å². The first kappa shape index (κ1) is 13.0. The summed E-state index contributed by atoms with van der Waals surface area (Å²) in [6, 6.07) is 0. The Labute approximate surface area is 83.9 Å². The van der Waals surface area contributed by atoms with Crippen LogP contribution in [0.3, 0.4) is 0 Å². The number of hydrogen-bond acceptors (Lipinski definition) is 1. The van der Waals surface area contributed by atoms with Crippen molar-refractivity contribution >= 4 is 0 Å². The molecule has 80 valence electrons. The minimum absolute atomic E-state index is 0.488. The van der Waals surface area contributed by atoms with E-state index in [4.69, 9.17) is 4.74 Å². The Kier molecular flexibility index (Phi) is 8.53. The average Bonchev–Trinajstić information content (AvgIpc) is 2.19. The highest BCUT2D eigenvalue weighted by Gasteiger charge is 2.12. The van der Waals surface area contributed by atoms with E-state index in [0.717, 1.165) is 12.3 Å². The van der Waals surface area contributed by atoms with Crippen molar-refractivity contribution in [3.05, 3.63) is 0 Å². The lowest BCUT2D eigenvalue weighted by Crippen LogP contribution is -2.14. The normalized spacial score (nSPS) is 15.7. The molecule has 0 aromatic carbocycles. The molecule has 1 nitrogen and oxygen atoms in total. The topological polar surface area (TPSA) is 9.23 Å². The van der Waals surface area contributed by atoms with Crippen molar-refractivity contribution in [2.24, 2.45) is 5.92 Å². The number of unbranched alkanes of at least 4 members (excludes halogenated alkanes) is 1. The van der Waals surface area contributed by atoms with E-state index in [-0.39, 0.29) is 0 Å². The number of ether oxygens (including phenoxy) is 1. The minimum Gasteiger partial charge on any atom is -0.381 e. The van der Waals surface area contributed by atoms with E-state index < -0.39 is 0 Å². The highest BCUT2D eigenvalue weighted by atomic mass is 16.5. The second-order valence-corrected chi connectivity index (χ2v) is 3.92. The van der Waals surface area contributed by atoms with Crippen LogP contribution in [-0.4, -0.2) is 13.2 Å². The molecular formula is C12H26O. The Bertz CT molecular complexity index is 97.3. The van der Waals surface area contributed by atoms with Gasteiger partial charge < -0.3 is 4.74 Å². The molecule has 0 spiro atoms. The second-order valence-electron chi connectivity index (χ2n) is 3.92. The lowest BCUT2D eigenvalue weighted by molar-refractivity contribution is 0.0747. The molecule has 0 aliphatic rings. The summed E-state index contributed by atoms with van der Waals surface area (Å²) in [4.78, 5) is 0. The largest absolute Gasteiger partial charge is 0.381 e. The highest BCUT2D eigenvalue weighted by Crippen LogP contribution is 2.20. The Morgan fingerprint density at radius 1 is 1.08 bits per heavy atom. The van der Waals surface area contributed by atoms with Gasteiger partial charge in [-0.05, 0) is 18.8 Å². The zero-order chi connectivity index (χ0) is 10.1. The maximum absolute atomic E-state index is 5.41. The maximum Gasteiger partial charge on any atom is 0.0571 e. The lowest BCUT2D eigenvalue weighted by Gasteiger charge is -2.20. The molecule has 0 aliphatic carbocycles. The van der Waals surface area contributed by atoms with Crippen LogP contribution in [0.5, 0.6) is 0 Å². The third-order valence-corrected chi connectivity index (χ3v) is 2.93. The van der Waals surface area contributed by atoms with Crippen molar-refractivity contribution in [1.29, 1.82) is 0 Å². The quantitative estimate of drug-likeness (QED) is 0.556. The van der Waals surface area contributed by atoms with E-state index in [1.807, 2.05) is 7.11 Å². The van der Waals surface area contributed by atoms with Gasteiger partial charge in [0.2, 0.25) is 0 Å². The molecule has 0 rings (SSSR count). The van der Waals surface area contributed by atoms with Crippen LogP contribution in [0, 0.1) is 5.92 Å². The van der Waals surface area contributed by atoms with Gasteiger partial charge in [-0.1, -0.05) is 46.5 Å². The third-order valence-electron chi connectivity index (χ3n) is 2.93. The standard InChI is InChI=1S/C12H26O/c1-5-8-9-11(6-2)10-12(7-3)13-4/h11-12H,5-10H2,1-4H3. The van der Waals surface area contributed by atoms with Crippen LogP contribution in [0.2, 0.25) is 0 Å². The smallest absolute Gasteiger partial charge is 0.0571 e. The molecule has 1 heteroatoms. The van der Waals surface area contributed by atoms with Crippen LogP contribution < -0.4 is 0 Å². The van der Waals surface area contributed by atoms with E-state index >= 15 is 0 Å². The van der Waals surface area contributed by atoms with Gasteiger partial charge in [0.25, 0.3) is 0 Å². The predicted molar refractivity (Wildman–Crippen MR) is 59.0 cm³/mol. The van der Waals surface area contributed by atoms with Crippen molar-refractivity contribution in [2.75, 3.05) is 7.11 Å². The van der Waals surface area contributed by atoms with Crippen molar-refractivity contribution in [1.82, 2.24) is 0 Å². The van der Waals surface area contributed by atoms with Crippen molar-refractivity contribution in [3.63, 3.8) is 0 Å². The Morgan fingerprint density at radius 2 is 1.77 bits per heavy atom. The summed E-state index contributed by atoms with van der Waals surface area (Å²) in [6.45, 7) is 6.77. The van der Waals surface area contributed by atoms with Gasteiger partial charge >= 0.3 is 0 Å². The summed E-state index contributed by atoms with van der Waals surface area (Å²) in [5.41, 5.74) is 0. The van der Waals surface area contributed by atoms with Gasteiger partial charge in [-0.3, -0.25) is 0 Å². The first-order chi connectivity index (χ1) is 6.28. The van der Waals surface area contributed by atoms with E-state index in [0.29, 0.717) is 6.10 Å². The first-order valence-electron chi connectivity index (χ1n) is 5.81. The van der Waals surface area contributed by atoms with Crippen LogP contribution >= 0.6 is 0 Å². The molecule has 0 amide bonds. The van der Waals surface area contributed by atoms with E-state index in [1.165, 1.54) is 32.1 Å². The van der Waals surface area contributed by atoms with Gasteiger partial charge in [0.1, 0.15) is 0 Å². The Balaban J connectivity index is 3.67. The van der Waals surface area contributed by atoms with E-state index in [9.17, 15) is 0 Å². The zero-order valence-corrected chi connectivity index (χ0v) is 9.81. The van der Waals surface area contributed by atoms with Crippen LogP contribution in [0.15, 0.2) is 0 Å². The van der Waals surface area contributed by atoms with Gasteiger partial charge in [-0.25, -0.2) is 0 Å².